The fraction of sp³-hybridized carbons (Fsp3) is 0.429. The Hall–Kier alpha value is -2.20. The quantitative estimate of drug-likeness (QED) is 0.601. The van der Waals surface area contributed by atoms with Gasteiger partial charge in [0.05, 0.1) is 18.8 Å². The van der Waals surface area contributed by atoms with Crippen molar-refractivity contribution in [1.29, 1.82) is 0 Å². The average Bonchev–Trinajstić information content (AvgIpc) is 2.63. The number of hydrogen-bond donors (Lipinski definition) is 1. The Bertz CT molecular complexity index is 630. The smallest absolute Gasteiger partial charge is 0.142 e. The van der Waals surface area contributed by atoms with Crippen LogP contribution in [0.15, 0.2) is 48.5 Å². The van der Waals surface area contributed by atoms with Crippen molar-refractivity contribution in [2.24, 2.45) is 0 Å². The average molecular weight is 343 g/mol. The molecule has 1 atom stereocenters. The van der Waals surface area contributed by atoms with E-state index in [9.17, 15) is 0 Å². The summed E-state index contributed by atoms with van der Waals surface area (Å²) in [7, 11) is 0. The number of para-hydroxylation sites is 2. The first-order valence-corrected chi connectivity index (χ1v) is 8.99. The number of benzene rings is 2. The molecular formula is C21H29NO3. The molecule has 4 nitrogen and oxygen atoms in total. The lowest BCUT2D eigenvalue weighted by molar-refractivity contribution is 0.110. The van der Waals surface area contributed by atoms with Crippen LogP contribution in [-0.4, -0.2) is 32.5 Å². The molecule has 1 N–H and O–H groups in total. The van der Waals surface area contributed by atoms with Crippen LogP contribution in [-0.2, 0) is 4.74 Å². The standard InChI is InChI=1S/C21H29NO3/c1-4-18(25-19-10-8-9-17(3)15-19)16-22-20-11-6-7-12-21(20)24-14-13-23-5-2/h6-12,15,18,22H,4-5,13-14,16H2,1-3H3. The molecule has 0 saturated heterocycles. The third-order valence-corrected chi connectivity index (χ3v) is 3.84. The van der Waals surface area contributed by atoms with Gasteiger partial charge in [0.15, 0.2) is 0 Å². The SMILES string of the molecule is CCOCCOc1ccccc1NCC(CC)Oc1cccc(C)c1. The molecule has 1 unspecified atom stereocenters. The highest BCUT2D eigenvalue weighted by Crippen LogP contribution is 2.24. The number of nitrogens with one attached hydrogen (secondary N) is 1. The molecule has 0 saturated carbocycles. The van der Waals surface area contributed by atoms with Gasteiger partial charge in [-0.25, -0.2) is 0 Å². The van der Waals surface area contributed by atoms with E-state index in [1.807, 2.05) is 43.3 Å². The highest BCUT2D eigenvalue weighted by molar-refractivity contribution is 5.56. The van der Waals surface area contributed by atoms with E-state index in [0.717, 1.165) is 30.2 Å². The maximum Gasteiger partial charge on any atom is 0.142 e. The Morgan fingerprint density at radius 3 is 2.60 bits per heavy atom. The molecule has 0 fully saturated rings. The van der Waals surface area contributed by atoms with E-state index in [0.29, 0.717) is 19.8 Å². The number of ether oxygens (including phenoxy) is 3. The molecule has 0 amide bonds. The summed E-state index contributed by atoms with van der Waals surface area (Å²) in [6.07, 6.45) is 1.02. The van der Waals surface area contributed by atoms with Gasteiger partial charge in [-0.15, -0.1) is 0 Å². The molecule has 0 aromatic heterocycles. The zero-order chi connectivity index (χ0) is 17.9. The highest BCUT2D eigenvalue weighted by atomic mass is 16.5. The van der Waals surface area contributed by atoms with Gasteiger partial charge in [0.2, 0.25) is 0 Å². The van der Waals surface area contributed by atoms with Crippen molar-refractivity contribution in [1.82, 2.24) is 0 Å². The Labute approximate surface area is 151 Å². The third kappa shape index (κ3) is 6.67. The monoisotopic (exact) mass is 343 g/mol. The van der Waals surface area contributed by atoms with Gasteiger partial charge in [-0.3, -0.25) is 0 Å². The fourth-order valence-electron chi connectivity index (χ4n) is 2.47. The van der Waals surface area contributed by atoms with Crippen LogP contribution in [0.1, 0.15) is 25.8 Å². The zero-order valence-corrected chi connectivity index (χ0v) is 15.5. The van der Waals surface area contributed by atoms with Gasteiger partial charge in [-0.2, -0.15) is 0 Å². The minimum absolute atomic E-state index is 0.0956. The topological polar surface area (TPSA) is 39.7 Å². The van der Waals surface area contributed by atoms with Crippen LogP contribution in [0, 0.1) is 6.92 Å². The highest BCUT2D eigenvalue weighted by Gasteiger charge is 2.10. The third-order valence-electron chi connectivity index (χ3n) is 3.84. The van der Waals surface area contributed by atoms with Gasteiger partial charge in [0.1, 0.15) is 24.2 Å². The molecule has 0 aliphatic carbocycles. The van der Waals surface area contributed by atoms with Crippen LogP contribution in [0.3, 0.4) is 0 Å². The first-order valence-electron chi connectivity index (χ1n) is 8.99. The maximum absolute atomic E-state index is 6.10. The summed E-state index contributed by atoms with van der Waals surface area (Å²) >= 11 is 0. The summed E-state index contributed by atoms with van der Waals surface area (Å²) in [4.78, 5) is 0. The van der Waals surface area contributed by atoms with Crippen molar-refractivity contribution in [3.8, 4) is 11.5 Å². The van der Waals surface area contributed by atoms with E-state index in [1.165, 1.54) is 5.56 Å². The Kier molecular flexibility index (Phi) is 8.13. The summed E-state index contributed by atoms with van der Waals surface area (Å²) in [5.74, 6) is 1.75. The van der Waals surface area contributed by atoms with Crippen LogP contribution >= 0.6 is 0 Å². The second kappa shape index (κ2) is 10.6. The number of rotatable bonds is 11. The molecule has 0 aliphatic heterocycles. The number of hydrogen-bond acceptors (Lipinski definition) is 4. The molecule has 136 valence electrons. The first-order chi connectivity index (χ1) is 12.2. The van der Waals surface area contributed by atoms with E-state index in [1.54, 1.807) is 0 Å². The second-order valence-electron chi connectivity index (χ2n) is 5.89. The summed E-state index contributed by atoms with van der Waals surface area (Å²) in [6.45, 7) is 8.75. The Morgan fingerprint density at radius 2 is 1.84 bits per heavy atom. The molecule has 0 bridgehead atoms. The summed E-state index contributed by atoms with van der Waals surface area (Å²) in [5, 5.41) is 3.45. The Morgan fingerprint density at radius 1 is 1.00 bits per heavy atom. The molecule has 4 heteroatoms. The van der Waals surface area contributed by atoms with Gasteiger partial charge in [0.25, 0.3) is 0 Å². The second-order valence-corrected chi connectivity index (χ2v) is 5.89. The van der Waals surface area contributed by atoms with Crippen molar-refractivity contribution in [3.63, 3.8) is 0 Å². The zero-order valence-electron chi connectivity index (χ0n) is 15.5. The molecule has 0 heterocycles. The molecule has 25 heavy (non-hydrogen) atoms. The normalized spacial score (nSPS) is 11.8. The number of aryl methyl sites for hydroxylation is 1. The van der Waals surface area contributed by atoms with E-state index < -0.39 is 0 Å². The molecule has 2 rings (SSSR count). The van der Waals surface area contributed by atoms with Gasteiger partial charge < -0.3 is 19.5 Å². The molecule has 0 aliphatic rings. The van der Waals surface area contributed by atoms with E-state index in [-0.39, 0.29) is 6.10 Å². The lowest BCUT2D eigenvalue weighted by Gasteiger charge is -2.20. The predicted molar refractivity (Wildman–Crippen MR) is 103 cm³/mol. The molecule has 0 radical (unpaired) electrons. The van der Waals surface area contributed by atoms with Gasteiger partial charge in [0, 0.05) is 6.61 Å². The maximum atomic E-state index is 6.10. The van der Waals surface area contributed by atoms with Crippen LogP contribution in [0.2, 0.25) is 0 Å². The van der Waals surface area contributed by atoms with Crippen LogP contribution in [0.25, 0.3) is 0 Å². The molecule has 2 aromatic rings. The largest absolute Gasteiger partial charge is 0.489 e. The minimum atomic E-state index is 0.0956. The summed E-state index contributed by atoms with van der Waals surface area (Å²) in [5.41, 5.74) is 2.18. The van der Waals surface area contributed by atoms with Crippen LogP contribution in [0.5, 0.6) is 11.5 Å². The summed E-state index contributed by atoms with van der Waals surface area (Å²) in [6, 6.07) is 16.1. The molecule has 2 aromatic carbocycles. The predicted octanol–water partition coefficient (Wildman–Crippen LogP) is 4.68. The van der Waals surface area contributed by atoms with Crippen LogP contribution < -0.4 is 14.8 Å². The number of anilines is 1. The van der Waals surface area contributed by atoms with Crippen molar-refractivity contribution in [2.45, 2.75) is 33.3 Å². The molecular weight excluding hydrogens is 314 g/mol. The van der Waals surface area contributed by atoms with Crippen molar-refractivity contribution >= 4 is 5.69 Å². The van der Waals surface area contributed by atoms with Crippen molar-refractivity contribution < 1.29 is 14.2 Å². The Balaban J connectivity index is 1.90. The van der Waals surface area contributed by atoms with Crippen molar-refractivity contribution in [2.75, 3.05) is 31.7 Å². The van der Waals surface area contributed by atoms with Crippen LogP contribution in [0.4, 0.5) is 5.69 Å². The lowest BCUT2D eigenvalue weighted by Crippen LogP contribution is -2.25. The van der Waals surface area contributed by atoms with Gasteiger partial charge >= 0.3 is 0 Å². The van der Waals surface area contributed by atoms with E-state index in [2.05, 4.69) is 31.3 Å². The minimum Gasteiger partial charge on any atom is -0.489 e. The fourth-order valence-corrected chi connectivity index (χ4v) is 2.47. The van der Waals surface area contributed by atoms with E-state index in [4.69, 9.17) is 14.2 Å². The van der Waals surface area contributed by atoms with Gasteiger partial charge in [-0.1, -0.05) is 31.2 Å². The molecule has 0 spiro atoms. The summed E-state index contributed by atoms with van der Waals surface area (Å²) < 4.78 is 17.2. The first kappa shape index (κ1) is 19.1. The van der Waals surface area contributed by atoms with Crippen molar-refractivity contribution in [3.05, 3.63) is 54.1 Å². The lowest BCUT2D eigenvalue weighted by atomic mass is 10.2. The van der Waals surface area contributed by atoms with E-state index >= 15 is 0 Å². The van der Waals surface area contributed by atoms with Gasteiger partial charge in [-0.05, 0) is 50.1 Å².